The maximum Gasteiger partial charge on any atom is 0.408 e. The molecule has 1 aliphatic carbocycles. The van der Waals surface area contributed by atoms with Crippen molar-refractivity contribution in [2.75, 3.05) is 6.54 Å². The number of rotatable bonds is 6. The van der Waals surface area contributed by atoms with Crippen molar-refractivity contribution < 1.29 is 29.0 Å². The molecule has 3 N–H and O–H groups in total. The molecule has 1 saturated heterocycles. The molecule has 0 radical (unpaired) electrons. The Balaban J connectivity index is 1.26. The van der Waals surface area contributed by atoms with Crippen LogP contribution in [0.25, 0.3) is 23.5 Å². The summed E-state index contributed by atoms with van der Waals surface area (Å²) in [7, 11) is 0. The standard InChI is InChI=1S/C38H45N7O6/c1-37(2,3)51-36(50)39-30-18-11-6-4-5-10-17-28-23-38(28,35(48)49)40-33(46)31-22-29(24-44(31)34(30)47)45-42-32(41-43-45)27-16-12-15-26(21-27)20-19-25-13-8-7-9-14-25/h7-10,12-17,19-21,28-31H,4-6,11,18,22-24H2,1-3H3,(H,39,50)(H,40,46)(H,48,49)/b17-10-,20-19+/t28?,29-,30?,31?,38?/m1/s1. The molecule has 13 nitrogen and oxygen atoms in total. The number of fused-ring (bicyclic) bond motifs is 2. The van der Waals surface area contributed by atoms with E-state index in [0.717, 1.165) is 36.0 Å². The highest BCUT2D eigenvalue weighted by Gasteiger charge is 2.61. The van der Waals surface area contributed by atoms with Gasteiger partial charge in [0.15, 0.2) is 0 Å². The van der Waals surface area contributed by atoms with Gasteiger partial charge >= 0.3 is 12.1 Å². The average molecular weight is 696 g/mol. The molecular weight excluding hydrogens is 650 g/mol. The highest BCUT2D eigenvalue weighted by Crippen LogP contribution is 2.45. The first-order valence-corrected chi connectivity index (χ1v) is 17.6. The van der Waals surface area contributed by atoms with E-state index >= 15 is 0 Å². The number of tetrazole rings is 1. The molecule has 268 valence electrons. The number of aliphatic carboxylic acids is 1. The van der Waals surface area contributed by atoms with Gasteiger partial charge in [-0.1, -0.05) is 85.7 Å². The first-order valence-electron chi connectivity index (χ1n) is 17.6. The molecule has 5 atom stereocenters. The fourth-order valence-corrected chi connectivity index (χ4v) is 6.73. The van der Waals surface area contributed by atoms with E-state index in [1.807, 2.05) is 78.9 Å². The van der Waals surface area contributed by atoms with Crippen molar-refractivity contribution in [1.82, 2.24) is 35.7 Å². The predicted molar refractivity (Wildman–Crippen MR) is 190 cm³/mol. The largest absolute Gasteiger partial charge is 0.479 e. The molecule has 0 bridgehead atoms. The minimum Gasteiger partial charge on any atom is -0.479 e. The molecule has 3 heterocycles. The highest BCUT2D eigenvalue weighted by molar-refractivity contribution is 5.96. The Hall–Kier alpha value is -5.33. The van der Waals surface area contributed by atoms with E-state index < -0.39 is 53.1 Å². The molecule has 1 aromatic heterocycles. The number of hydrogen-bond acceptors (Lipinski definition) is 8. The second-order valence-electron chi connectivity index (χ2n) is 14.5. The molecule has 4 unspecified atom stereocenters. The fourth-order valence-electron chi connectivity index (χ4n) is 6.73. The van der Waals surface area contributed by atoms with Gasteiger partial charge < -0.3 is 25.4 Å². The summed E-state index contributed by atoms with van der Waals surface area (Å²) in [6.45, 7) is 5.28. The molecule has 3 amide bonds. The number of amides is 3. The molecule has 2 fully saturated rings. The average Bonchev–Trinajstić information content (AvgIpc) is 3.39. The van der Waals surface area contributed by atoms with Crippen molar-refractivity contribution in [2.45, 2.75) is 95.0 Å². The van der Waals surface area contributed by atoms with Crippen LogP contribution in [0.15, 0.2) is 66.7 Å². The van der Waals surface area contributed by atoms with Crippen molar-refractivity contribution >= 4 is 36.0 Å². The number of allylic oxidation sites excluding steroid dienone is 1. The minimum absolute atomic E-state index is 0.0580. The third-order valence-corrected chi connectivity index (χ3v) is 9.50. The van der Waals surface area contributed by atoms with Gasteiger partial charge in [-0.25, -0.2) is 9.59 Å². The number of nitrogens with zero attached hydrogens (tertiary/aromatic N) is 5. The van der Waals surface area contributed by atoms with E-state index in [1.54, 1.807) is 20.8 Å². The maximum atomic E-state index is 14.3. The Morgan fingerprint density at radius 2 is 1.80 bits per heavy atom. The van der Waals surface area contributed by atoms with Crippen LogP contribution in [0.4, 0.5) is 4.79 Å². The lowest BCUT2D eigenvalue weighted by molar-refractivity contribution is -0.145. The van der Waals surface area contributed by atoms with Crippen LogP contribution >= 0.6 is 0 Å². The summed E-state index contributed by atoms with van der Waals surface area (Å²) in [5, 5.41) is 29.0. The van der Waals surface area contributed by atoms with Crippen LogP contribution in [0.3, 0.4) is 0 Å². The lowest BCUT2D eigenvalue weighted by atomic mass is 10.0. The number of ether oxygens (including phenoxy) is 1. The van der Waals surface area contributed by atoms with Crippen LogP contribution < -0.4 is 10.6 Å². The van der Waals surface area contributed by atoms with Crippen molar-refractivity contribution in [3.05, 3.63) is 77.9 Å². The zero-order valence-corrected chi connectivity index (χ0v) is 29.2. The van der Waals surface area contributed by atoms with Gasteiger partial charge in [-0.2, -0.15) is 4.80 Å². The highest BCUT2D eigenvalue weighted by atomic mass is 16.6. The van der Waals surface area contributed by atoms with E-state index in [2.05, 4.69) is 26.0 Å². The van der Waals surface area contributed by atoms with Gasteiger partial charge in [0.2, 0.25) is 17.6 Å². The first kappa shape index (κ1) is 35.5. The van der Waals surface area contributed by atoms with Crippen LogP contribution in [0, 0.1) is 5.92 Å². The summed E-state index contributed by atoms with van der Waals surface area (Å²) < 4.78 is 5.48. The van der Waals surface area contributed by atoms with E-state index in [4.69, 9.17) is 4.74 Å². The first-order chi connectivity index (χ1) is 24.4. The molecule has 6 rings (SSSR count). The summed E-state index contributed by atoms with van der Waals surface area (Å²) in [6, 6.07) is 15.2. The fraction of sp³-hybridized carbons (Fsp3) is 0.447. The normalized spacial score (nSPS) is 26.3. The quantitative estimate of drug-likeness (QED) is 0.237. The van der Waals surface area contributed by atoms with Crippen molar-refractivity contribution in [2.24, 2.45) is 5.92 Å². The third-order valence-electron chi connectivity index (χ3n) is 9.50. The zero-order valence-electron chi connectivity index (χ0n) is 29.2. The molecule has 1 saturated carbocycles. The van der Waals surface area contributed by atoms with Crippen LogP contribution in [0.1, 0.15) is 82.9 Å². The lowest BCUT2D eigenvalue weighted by Gasteiger charge is -2.30. The van der Waals surface area contributed by atoms with Gasteiger partial charge in [0.1, 0.15) is 23.2 Å². The summed E-state index contributed by atoms with van der Waals surface area (Å²) >= 11 is 0. The number of benzene rings is 2. The summed E-state index contributed by atoms with van der Waals surface area (Å²) in [4.78, 5) is 56.4. The Bertz CT molecular complexity index is 1820. The van der Waals surface area contributed by atoms with Gasteiger partial charge in [-0.3, -0.25) is 9.59 Å². The number of alkyl carbamates (subject to hydrolysis) is 1. The molecule has 2 aromatic carbocycles. The topological polar surface area (TPSA) is 169 Å². The zero-order chi connectivity index (χ0) is 36.2. The van der Waals surface area contributed by atoms with Gasteiger partial charge in [-0.15, -0.1) is 10.2 Å². The SMILES string of the molecule is CC(C)(C)OC(=O)NC1CCCCC/C=C\C2CC2(C(=O)O)NC(=O)C2C[C@@H](n3nnc(-c4cccc(/C=C/c5ccccc5)c4)n3)CN2C1=O. The van der Waals surface area contributed by atoms with E-state index in [9.17, 15) is 24.3 Å². The van der Waals surface area contributed by atoms with Crippen LogP contribution in [-0.4, -0.2) is 83.9 Å². The summed E-state index contributed by atoms with van der Waals surface area (Å²) in [5.74, 6) is -2.10. The van der Waals surface area contributed by atoms with Crippen molar-refractivity contribution in [3.8, 4) is 11.4 Å². The summed E-state index contributed by atoms with van der Waals surface area (Å²) in [5.41, 5.74) is 0.552. The van der Waals surface area contributed by atoms with E-state index in [0.29, 0.717) is 18.7 Å². The lowest BCUT2D eigenvalue weighted by Crippen LogP contribution is -2.56. The van der Waals surface area contributed by atoms with E-state index in [1.165, 1.54) is 9.70 Å². The number of carboxylic acid groups (broad SMARTS) is 1. The monoisotopic (exact) mass is 695 g/mol. The van der Waals surface area contributed by atoms with Gasteiger partial charge in [0.25, 0.3) is 0 Å². The second-order valence-corrected chi connectivity index (χ2v) is 14.5. The Labute approximate surface area is 297 Å². The van der Waals surface area contributed by atoms with E-state index in [-0.39, 0.29) is 25.3 Å². The van der Waals surface area contributed by atoms with Gasteiger partial charge in [-0.05, 0) is 68.9 Å². The minimum atomic E-state index is -1.44. The molecule has 13 heteroatoms. The molecule has 0 spiro atoms. The molecule has 3 aromatic rings. The van der Waals surface area contributed by atoms with Crippen LogP contribution in [0.5, 0.6) is 0 Å². The number of hydrogen-bond donors (Lipinski definition) is 3. The Kier molecular flexibility index (Phi) is 10.4. The Morgan fingerprint density at radius 3 is 2.57 bits per heavy atom. The number of carbonyl (C=O) groups is 4. The maximum absolute atomic E-state index is 14.3. The number of carboxylic acids is 1. The van der Waals surface area contributed by atoms with Crippen LogP contribution in [-0.2, 0) is 19.1 Å². The number of aromatic nitrogens is 4. The van der Waals surface area contributed by atoms with Crippen LogP contribution in [0.2, 0.25) is 0 Å². The number of nitrogens with one attached hydrogen (secondary N) is 2. The molecular formula is C38H45N7O6. The smallest absolute Gasteiger partial charge is 0.408 e. The second kappa shape index (κ2) is 14.9. The van der Waals surface area contributed by atoms with Gasteiger partial charge in [0.05, 0.1) is 6.04 Å². The predicted octanol–water partition coefficient (Wildman–Crippen LogP) is 5.03. The molecule has 2 aliphatic heterocycles. The third kappa shape index (κ3) is 8.53. The number of carbonyl (C=O) groups excluding carboxylic acids is 3. The molecule has 51 heavy (non-hydrogen) atoms. The Morgan fingerprint density at radius 1 is 1.04 bits per heavy atom. The van der Waals surface area contributed by atoms with Crippen molar-refractivity contribution in [3.63, 3.8) is 0 Å². The summed E-state index contributed by atoms with van der Waals surface area (Å²) in [6.07, 6.45) is 10.9. The molecule has 3 aliphatic rings. The van der Waals surface area contributed by atoms with Gasteiger partial charge in [0, 0.05) is 24.4 Å². The van der Waals surface area contributed by atoms with Crippen molar-refractivity contribution in [1.29, 1.82) is 0 Å².